The number of rotatable bonds is 8. The van der Waals surface area contributed by atoms with Crippen LogP contribution in [0.25, 0.3) is 11.3 Å². The second kappa shape index (κ2) is 10.9. The molecule has 4 rings (SSSR count). The SMILES string of the molecule is CC(C)Oc1ccc(C(=O)NC(Cc2ccc(-c3cn(C)c(C(C)(C)C)n3)cc2)c2ncon2)cc1C#N. The van der Waals surface area contributed by atoms with Crippen molar-refractivity contribution >= 4 is 5.91 Å². The summed E-state index contributed by atoms with van der Waals surface area (Å²) in [7, 11) is 2.01. The average molecular weight is 513 g/mol. The molecule has 2 aromatic carbocycles. The summed E-state index contributed by atoms with van der Waals surface area (Å²) in [5, 5.41) is 16.5. The second-order valence-electron chi connectivity index (χ2n) is 10.5. The third-order valence-electron chi connectivity index (χ3n) is 5.96. The predicted molar refractivity (Wildman–Crippen MR) is 142 cm³/mol. The number of aryl methyl sites for hydroxylation is 1. The standard InChI is InChI=1S/C29H32N6O3/c1-18(2)38-25-12-11-21(14-22(25)15-30)27(36)32-23(26-31-17-37-34-26)13-19-7-9-20(10-8-19)24-16-35(6)28(33-24)29(3,4)5/h7-12,14,16-18,23H,13H2,1-6H3,(H,32,36). The van der Waals surface area contributed by atoms with E-state index in [1.54, 1.807) is 12.1 Å². The Kier molecular flexibility index (Phi) is 7.62. The van der Waals surface area contributed by atoms with Crippen molar-refractivity contribution in [2.45, 2.75) is 58.6 Å². The van der Waals surface area contributed by atoms with E-state index in [4.69, 9.17) is 14.2 Å². The van der Waals surface area contributed by atoms with Gasteiger partial charge < -0.3 is 19.1 Å². The van der Waals surface area contributed by atoms with Gasteiger partial charge in [-0.3, -0.25) is 4.79 Å². The highest BCUT2D eigenvalue weighted by Crippen LogP contribution is 2.27. The Morgan fingerprint density at radius 1 is 1.18 bits per heavy atom. The molecule has 0 aliphatic heterocycles. The lowest BCUT2D eigenvalue weighted by atomic mass is 9.96. The van der Waals surface area contributed by atoms with E-state index >= 15 is 0 Å². The number of carbonyl (C=O) groups excluding carboxylic acids is 1. The molecular formula is C29H32N6O3. The molecule has 9 heteroatoms. The summed E-state index contributed by atoms with van der Waals surface area (Å²) in [6, 6.07) is 14.4. The van der Waals surface area contributed by atoms with E-state index in [-0.39, 0.29) is 17.4 Å². The van der Waals surface area contributed by atoms with Crippen molar-refractivity contribution in [3.05, 3.63) is 83.4 Å². The van der Waals surface area contributed by atoms with Gasteiger partial charge in [-0.2, -0.15) is 10.2 Å². The maximum atomic E-state index is 13.1. The van der Waals surface area contributed by atoms with Gasteiger partial charge >= 0.3 is 0 Å². The zero-order valence-corrected chi connectivity index (χ0v) is 22.5. The molecule has 0 saturated heterocycles. The predicted octanol–water partition coefficient (Wildman–Crippen LogP) is 5.14. The van der Waals surface area contributed by atoms with Crippen LogP contribution in [-0.4, -0.2) is 31.7 Å². The molecule has 0 spiro atoms. The molecule has 0 bridgehead atoms. The third-order valence-corrected chi connectivity index (χ3v) is 5.96. The molecule has 1 amide bonds. The van der Waals surface area contributed by atoms with Crippen molar-refractivity contribution < 1.29 is 14.1 Å². The smallest absolute Gasteiger partial charge is 0.251 e. The van der Waals surface area contributed by atoms with Crippen LogP contribution in [0.4, 0.5) is 0 Å². The lowest BCUT2D eigenvalue weighted by Gasteiger charge is -2.17. The molecule has 1 atom stereocenters. The molecule has 9 nitrogen and oxygen atoms in total. The molecule has 0 fully saturated rings. The summed E-state index contributed by atoms with van der Waals surface area (Å²) in [5.41, 5.74) is 3.47. The van der Waals surface area contributed by atoms with Crippen LogP contribution in [0.1, 0.15) is 73.8 Å². The summed E-state index contributed by atoms with van der Waals surface area (Å²) >= 11 is 0. The summed E-state index contributed by atoms with van der Waals surface area (Å²) in [5.74, 6) is 1.46. The topological polar surface area (TPSA) is 119 Å². The van der Waals surface area contributed by atoms with Crippen molar-refractivity contribution in [2.24, 2.45) is 7.05 Å². The van der Waals surface area contributed by atoms with E-state index in [1.165, 1.54) is 12.5 Å². The van der Waals surface area contributed by atoms with E-state index in [2.05, 4.69) is 46.9 Å². The third kappa shape index (κ3) is 6.09. The molecule has 196 valence electrons. The number of nitrogens with one attached hydrogen (secondary N) is 1. The fraction of sp³-hybridized carbons (Fsp3) is 0.345. The highest BCUT2D eigenvalue weighted by molar-refractivity contribution is 5.95. The molecule has 0 saturated carbocycles. The van der Waals surface area contributed by atoms with Crippen LogP contribution >= 0.6 is 0 Å². The van der Waals surface area contributed by atoms with Gasteiger partial charge in [-0.25, -0.2) is 4.98 Å². The number of hydrogen-bond donors (Lipinski definition) is 1. The average Bonchev–Trinajstić information content (AvgIpc) is 3.54. The molecule has 0 aliphatic rings. The highest BCUT2D eigenvalue weighted by Gasteiger charge is 2.23. The molecule has 2 aromatic heterocycles. The minimum Gasteiger partial charge on any atom is -0.490 e. The first-order valence-electron chi connectivity index (χ1n) is 12.5. The number of amides is 1. The lowest BCUT2D eigenvalue weighted by molar-refractivity contribution is 0.0934. The molecule has 2 heterocycles. The minimum atomic E-state index is -0.536. The summed E-state index contributed by atoms with van der Waals surface area (Å²) < 4.78 is 12.7. The largest absolute Gasteiger partial charge is 0.490 e. The molecule has 38 heavy (non-hydrogen) atoms. The molecule has 4 aromatic rings. The van der Waals surface area contributed by atoms with Gasteiger partial charge in [0.15, 0.2) is 5.82 Å². The van der Waals surface area contributed by atoms with Crippen LogP contribution < -0.4 is 10.1 Å². The van der Waals surface area contributed by atoms with Gasteiger partial charge in [-0.05, 0) is 37.6 Å². The van der Waals surface area contributed by atoms with Crippen molar-refractivity contribution in [1.29, 1.82) is 5.26 Å². The van der Waals surface area contributed by atoms with Crippen molar-refractivity contribution in [1.82, 2.24) is 25.0 Å². The van der Waals surface area contributed by atoms with E-state index in [0.717, 1.165) is 22.6 Å². The Morgan fingerprint density at radius 3 is 2.50 bits per heavy atom. The quantitative estimate of drug-likeness (QED) is 0.347. The van der Waals surface area contributed by atoms with Gasteiger partial charge in [0.2, 0.25) is 6.39 Å². The summed E-state index contributed by atoms with van der Waals surface area (Å²) in [6.07, 6.45) is 3.62. The summed E-state index contributed by atoms with van der Waals surface area (Å²) in [4.78, 5) is 22.1. The normalized spacial score (nSPS) is 12.3. The molecule has 1 N–H and O–H groups in total. The van der Waals surface area contributed by atoms with Gasteiger partial charge in [-0.15, -0.1) is 0 Å². The van der Waals surface area contributed by atoms with E-state index in [0.29, 0.717) is 29.1 Å². The van der Waals surface area contributed by atoms with Crippen molar-refractivity contribution in [3.63, 3.8) is 0 Å². The number of carbonyl (C=O) groups is 1. The van der Waals surface area contributed by atoms with Gasteiger partial charge in [0.1, 0.15) is 17.6 Å². The molecule has 0 radical (unpaired) electrons. The number of hydrogen-bond acceptors (Lipinski definition) is 7. The first kappa shape index (κ1) is 26.6. The van der Waals surface area contributed by atoms with Crippen LogP contribution in [0.15, 0.2) is 59.6 Å². The van der Waals surface area contributed by atoms with Crippen LogP contribution in [0.3, 0.4) is 0 Å². The van der Waals surface area contributed by atoms with Crippen molar-refractivity contribution in [2.75, 3.05) is 0 Å². The number of aromatic nitrogens is 4. The van der Waals surface area contributed by atoms with Crippen LogP contribution in [-0.2, 0) is 18.9 Å². The highest BCUT2D eigenvalue weighted by atomic mass is 16.5. The zero-order chi connectivity index (χ0) is 27.4. The van der Waals surface area contributed by atoms with Gasteiger partial charge in [0.05, 0.1) is 23.4 Å². The van der Waals surface area contributed by atoms with E-state index < -0.39 is 6.04 Å². The van der Waals surface area contributed by atoms with Gasteiger partial charge in [0.25, 0.3) is 5.91 Å². The first-order chi connectivity index (χ1) is 18.0. The zero-order valence-electron chi connectivity index (χ0n) is 22.5. The Hall–Kier alpha value is -4.45. The van der Waals surface area contributed by atoms with Gasteiger partial charge in [-0.1, -0.05) is 50.2 Å². The number of nitriles is 1. The fourth-order valence-corrected chi connectivity index (χ4v) is 4.25. The van der Waals surface area contributed by atoms with Crippen LogP contribution in [0, 0.1) is 11.3 Å². The Morgan fingerprint density at radius 2 is 1.92 bits per heavy atom. The first-order valence-corrected chi connectivity index (χ1v) is 12.5. The van der Waals surface area contributed by atoms with E-state index in [1.807, 2.05) is 51.4 Å². The number of ether oxygens (including phenoxy) is 1. The maximum absolute atomic E-state index is 13.1. The number of benzene rings is 2. The Bertz CT molecular complexity index is 1440. The summed E-state index contributed by atoms with van der Waals surface area (Å²) in [6.45, 7) is 10.2. The lowest BCUT2D eigenvalue weighted by Crippen LogP contribution is -2.30. The Labute approximate surface area is 222 Å². The number of imidazole rings is 1. The molecular weight excluding hydrogens is 480 g/mol. The minimum absolute atomic E-state index is 0.0568. The van der Waals surface area contributed by atoms with Crippen LogP contribution in [0.5, 0.6) is 5.75 Å². The monoisotopic (exact) mass is 512 g/mol. The molecule has 1 unspecified atom stereocenters. The van der Waals surface area contributed by atoms with Crippen molar-refractivity contribution in [3.8, 4) is 23.1 Å². The molecule has 0 aliphatic carbocycles. The van der Waals surface area contributed by atoms with Gasteiger partial charge in [0, 0.05) is 36.2 Å². The number of nitrogens with zero attached hydrogens (tertiary/aromatic N) is 5. The second-order valence-corrected chi connectivity index (χ2v) is 10.5. The maximum Gasteiger partial charge on any atom is 0.251 e. The fourth-order valence-electron chi connectivity index (χ4n) is 4.25. The van der Waals surface area contributed by atoms with Crippen LogP contribution in [0.2, 0.25) is 0 Å². The van der Waals surface area contributed by atoms with E-state index in [9.17, 15) is 10.1 Å². The Balaban J connectivity index is 1.53.